The van der Waals surface area contributed by atoms with Crippen LogP contribution < -0.4 is 0 Å². The van der Waals surface area contributed by atoms with E-state index in [0.29, 0.717) is 19.5 Å². The van der Waals surface area contributed by atoms with Gasteiger partial charge >= 0.3 is 0 Å². The van der Waals surface area contributed by atoms with Crippen molar-refractivity contribution in [3.8, 4) is 0 Å². The highest BCUT2D eigenvalue weighted by Gasteiger charge is 2.27. The Hall–Kier alpha value is -0.980. The molecule has 0 aliphatic carbocycles. The molecule has 2 unspecified atom stereocenters. The second-order valence-corrected chi connectivity index (χ2v) is 7.60. The van der Waals surface area contributed by atoms with E-state index in [9.17, 15) is 13.5 Å². The zero-order valence-electron chi connectivity index (χ0n) is 12.0. The van der Waals surface area contributed by atoms with E-state index in [4.69, 9.17) is 0 Å². The molecule has 1 aliphatic heterocycles. The number of aryl methyl sites for hydroxylation is 1. The van der Waals surface area contributed by atoms with Crippen molar-refractivity contribution in [1.29, 1.82) is 0 Å². The molecule has 0 bridgehead atoms. The fourth-order valence-corrected chi connectivity index (χ4v) is 3.73. The molecule has 0 radical (unpaired) electrons. The topological polar surface area (TPSA) is 70.5 Å². The molecule has 1 aromatic heterocycles. The highest BCUT2D eigenvalue weighted by Crippen LogP contribution is 2.29. The first-order valence-electron chi connectivity index (χ1n) is 6.91. The van der Waals surface area contributed by atoms with Crippen molar-refractivity contribution >= 4 is 10.0 Å². The van der Waals surface area contributed by atoms with E-state index in [1.54, 1.807) is 12.4 Å². The summed E-state index contributed by atoms with van der Waals surface area (Å²) in [4.78, 5) is 4.05. The number of pyridine rings is 1. The summed E-state index contributed by atoms with van der Waals surface area (Å²) in [7, 11) is -3.13. The van der Waals surface area contributed by atoms with E-state index in [2.05, 4.69) is 4.98 Å². The summed E-state index contributed by atoms with van der Waals surface area (Å²) < 4.78 is 24.7. The van der Waals surface area contributed by atoms with Gasteiger partial charge < -0.3 is 5.11 Å². The van der Waals surface area contributed by atoms with Gasteiger partial charge in [-0.2, -0.15) is 0 Å². The Bertz CT molecular complexity index is 559. The average Bonchev–Trinajstić information content (AvgIpc) is 2.38. The molecule has 112 valence electrons. The maximum atomic E-state index is 11.6. The van der Waals surface area contributed by atoms with Crippen molar-refractivity contribution in [2.24, 2.45) is 5.92 Å². The van der Waals surface area contributed by atoms with Gasteiger partial charge in [-0.25, -0.2) is 12.7 Å². The Morgan fingerprint density at radius 1 is 1.55 bits per heavy atom. The van der Waals surface area contributed by atoms with Crippen LogP contribution in [-0.2, 0) is 10.0 Å². The van der Waals surface area contributed by atoms with Gasteiger partial charge in [0.05, 0.1) is 12.4 Å². The quantitative estimate of drug-likeness (QED) is 0.914. The first-order chi connectivity index (χ1) is 9.38. The van der Waals surface area contributed by atoms with Crippen LogP contribution in [0.1, 0.15) is 36.5 Å². The Kier molecular flexibility index (Phi) is 4.78. The van der Waals surface area contributed by atoms with Crippen molar-refractivity contribution in [2.75, 3.05) is 19.3 Å². The number of sulfonamides is 1. The molecule has 5 nitrogen and oxygen atoms in total. The smallest absolute Gasteiger partial charge is 0.211 e. The van der Waals surface area contributed by atoms with Crippen LogP contribution in [0.25, 0.3) is 0 Å². The van der Waals surface area contributed by atoms with Crippen molar-refractivity contribution in [3.05, 3.63) is 29.6 Å². The summed E-state index contributed by atoms with van der Waals surface area (Å²) in [5.74, 6) is 0.202. The number of nitrogens with zero attached hydrogens (tertiary/aromatic N) is 2. The third-order valence-corrected chi connectivity index (χ3v) is 5.22. The van der Waals surface area contributed by atoms with Crippen LogP contribution in [0, 0.1) is 12.8 Å². The van der Waals surface area contributed by atoms with Gasteiger partial charge in [0.25, 0.3) is 0 Å². The molecule has 0 amide bonds. The molecule has 2 rings (SSSR count). The molecule has 1 saturated heterocycles. The van der Waals surface area contributed by atoms with E-state index in [-0.39, 0.29) is 5.92 Å². The molecular formula is C14H22N2O3S. The highest BCUT2D eigenvalue weighted by molar-refractivity contribution is 7.88. The summed E-state index contributed by atoms with van der Waals surface area (Å²) in [6.07, 6.45) is 6.47. The van der Waals surface area contributed by atoms with Gasteiger partial charge in [-0.05, 0) is 43.7 Å². The Morgan fingerprint density at radius 2 is 2.30 bits per heavy atom. The zero-order valence-corrected chi connectivity index (χ0v) is 12.8. The van der Waals surface area contributed by atoms with Gasteiger partial charge in [-0.3, -0.25) is 4.98 Å². The van der Waals surface area contributed by atoms with Gasteiger partial charge in [0.1, 0.15) is 0 Å². The molecule has 1 aromatic rings. The first kappa shape index (κ1) is 15.4. The summed E-state index contributed by atoms with van der Waals surface area (Å²) >= 11 is 0. The van der Waals surface area contributed by atoms with Gasteiger partial charge in [-0.15, -0.1) is 0 Å². The van der Waals surface area contributed by atoms with E-state index < -0.39 is 16.1 Å². The van der Waals surface area contributed by atoms with Gasteiger partial charge in [0, 0.05) is 31.0 Å². The third kappa shape index (κ3) is 3.77. The van der Waals surface area contributed by atoms with Crippen LogP contribution in [0.2, 0.25) is 0 Å². The normalized spacial score (nSPS) is 22.6. The molecule has 2 atom stereocenters. The Labute approximate surface area is 120 Å². The number of rotatable bonds is 4. The van der Waals surface area contributed by atoms with E-state index >= 15 is 0 Å². The lowest BCUT2D eigenvalue weighted by Crippen LogP contribution is -2.39. The van der Waals surface area contributed by atoms with Crippen LogP contribution >= 0.6 is 0 Å². The monoisotopic (exact) mass is 298 g/mol. The van der Waals surface area contributed by atoms with Crippen molar-refractivity contribution in [3.63, 3.8) is 0 Å². The number of aromatic nitrogens is 1. The van der Waals surface area contributed by atoms with Gasteiger partial charge in [-0.1, -0.05) is 0 Å². The number of hydrogen-bond acceptors (Lipinski definition) is 4. The second-order valence-electron chi connectivity index (χ2n) is 5.61. The number of aliphatic hydroxyl groups excluding tert-OH is 1. The van der Waals surface area contributed by atoms with Crippen LogP contribution in [-0.4, -0.2) is 42.2 Å². The number of piperidine rings is 1. The van der Waals surface area contributed by atoms with Crippen LogP contribution in [0.3, 0.4) is 0 Å². The van der Waals surface area contributed by atoms with Gasteiger partial charge in [0.2, 0.25) is 10.0 Å². The predicted octanol–water partition coefficient (Wildman–Crippen LogP) is 1.49. The number of aliphatic hydroxyl groups is 1. The lowest BCUT2D eigenvalue weighted by molar-refractivity contribution is 0.122. The lowest BCUT2D eigenvalue weighted by atomic mass is 9.90. The van der Waals surface area contributed by atoms with Gasteiger partial charge in [0.15, 0.2) is 0 Å². The minimum atomic E-state index is -3.13. The molecule has 0 spiro atoms. The molecule has 0 saturated carbocycles. The molecule has 1 fully saturated rings. The molecule has 6 heteroatoms. The summed E-state index contributed by atoms with van der Waals surface area (Å²) in [6, 6.07) is 1.88. The standard InChI is InChI=1S/C14H22N2O3S/c1-11-5-6-15-9-13(11)14(17)8-12-4-3-7-16(10-12)20(2,18)19/h5-6,9,12,14,17H,3-4,7-8,10H2,1-2H3. The van der Waals surface area contributed by atoms with Crippen LogP contribution in [0.5, 0.6) is 0 Å². The fraction of sp³-hybridized carbons (Fsp3) is 0.643. The molecule has 20 heavy (non-hydrogen) atoms. The molecule has 0 aromatic carbocycles. The first-order valence-corrected chi connectivity index (χ1v) is 8.76. The van der Waals surface area contributed by atoms with E-state index in [1.807, 2.05) is 13.0 Å². The molecule has 2 heterocycles. The lowest BCUT2D eigenvalue weighted by Gasteiger charge is -2.32. The SMILES string of the molecule is Cc1ccncc1C(O)CC1CCCN(S(C)(=O)=O)C1. The third-order valence-electron chi connectivity index (χ3n) is 3.95. The van der Waals surface area contributed by atoms with Crippen LogP contribution in [0.4, 0.5) is 0 Å². The summed E-state index contributed by atoms with van der Waals surface area (Å²) in [5, 5.41) is 10.3. The summed E-state index contributed by atoms with van der Waals surface area (Å²) in [5.41, 5.74) is 1.85. The minimum absolute atomic E-state index is 0.202. The van der Waals surface area contributed by atoms with Crippen molar-refractivity contribution in [1.82, 2.24) is 9.29 Å². The maximum Gasteiger partial charge on any atom is 0.211 e. The van der Waals surface area contributed by atoms with Crippen molar-refractivity contribution < 1.29 is 13.5 Å². The number of hydrogen-bond donors (Lipinski definition) is 1. The zero-order chi connectivity index (χ0) is 14.8. The van der Waals surface area contributed by atoms with E-state index in [0.717, 1.165) is 24.0 Å². The summed E-state index contributed by atoms with van der Waals surface area (Å²) in [6.45, 7) is 3.05. The molecule has 1 N–H and O–H groups in total. The highest BCUT2D eigenvalue weighted by atomic mass is 32.2. The largest absolute Gasteiger partial charge is 0.388 e. The minimum Gasteiger partial charge on any atom is -0.388 e. The van der Waals surface area contributed by atoms with Crippen LogP contribution in [0.15, 0.2) is 18.5 Å². The Balaban J connectivity index is 2.01. The molecular weight excluding hydrogens is 276 g/mol. The molecule has 1 aliphatic rings. The Morgan fingerprint density at radius 3 is 2.95 bits per heavy atom. The van der Waals surface area contributed by atoms with E-state index in [1.165, 1.54) is 10.6 Å². The maximum absolute atomic E-state index is 11.6. The predicted molar refractivity (Wildman–Crippen MR) is 77.7 cm³/mol. The fourth-order valence-electron chi connectivity index (χ4n) is 2.79. The van der Waals surface area contributed by atoms with Crippen molar-refractivity contribution in [2.45, 2.75) is 32.3 Å². The second kappa shape index (κ2) is 6.20. The average molecular weight is 298 g/mol.